The molecule has 0 aliphatic carbocycles. The minimum Gasteiger partial charge on any atom is -0.504 e. The summed E-state index contributed by atoms with van der Waals surface area (Å²) in [6.45, 7) is 6.31. The van der Waals surface area contributed by atoms with Crippen molar-refractivity contribution in [3.63, 3.8) is 0 Å². The number of phenols is 2. The molecule has 1 aromatic rings. The maximum Gasteiger partial charge on any atom is 0.157 e. The monoisotopic (exact) mass is 264 g/mol. The van der Waals surface area contributed by atoms with E-state index in [2.05, 4.69) is 17.1 Å². The van der Waals surface area contributed by atoms with Gasteiger partial charge in [-0.3, -0.25) is 4.90 Å². The first-order valence-electron chi connectivity index (χ1n) is 7.19. The normalized spacial score (nSPS) is 18.4. The van der Waals surface area contributed by atoms with E-state index in [4.69, 9.17) is 0 Å². The lowest BCUT2D eigenvalue weighted by Crippen LogP contribution is -2.45. The summed E-state index contributed by atoms with van der Waals surface area (Å²) in [5, 5.41) is 22.5. The van der Waals surface area contributed by atoms with Crippen molar-refractivity contribution < 1.29 is 10.2 Å². The summed E-state index contributed by atoms with van der Waals surface area (Å²) in [4.78, 5) is 2.47. The van der Waals surface area contributed by atoms with Gasteiger partial charge < -0.3 is 15.5 Å². The van der Waals surface area contributed by atoms with Crippen LogP contribution in [0.15, 0.2) is 18.2 Å². The third-order valence-electron chi connectivity index (χ3n) is 3.81. The van der Waals surface area contributed by atoms with Crippen molar-refractivity contribution in [2.24, 2.45) is 0 Å². The SMILES string of the molecule is CCCC[C@H](c1ccc(O)c(O)c1)N1CCNCC1. The van der Waals surface area contributed by atoms with E-state index in [0.717, 1.165) is 38.2 Å². The zero-order chi connectivity index (χ0) is 13.7. The molecule has 0 amide bonds. The zero-order valence-electron chi connectivity index (χ0n) is 11.6. The molecule has 1 aromatic carbocycles. The Kier molecular flexibility index (Phi) is 5.05. The van der Waals surface area contributed by atoms with Crippen LogP contribution in [0.2, 0.25) is 0 Å². The van der Waals surface area contributed by atoms with Gasteiger partial charge in [-0.1, -0.05) is 25.8 Å². The van der Waals surface area contributed by atoms with Crippen molar-refractivity contribution in [2.45, 2.75) is 32.2 Å². The summed E-state index contributed by atoms with van der Waals surface area (Å²) in [7, 11) is 0. The van der Waals surface area contributed by atoms with Crippen LogP contribution in [-0.4, -0.2) is 41.3 Å². The van der Waals surface area contributed by atoms with Crippen molar-refractivity contribution in [3.8, 4) is 11.5 Å². The van der Waals surface area contributed by atoms with E-state index >= 15 is 0 Å². The molecule has 3 N–H and O–H groups in total. The molecule has 0 bridgehead atoms. The highest BCUT2D eigenvalue weighted by atomic mass is 16.3. The van der Waals surface area contributed by atoms with Crippen LogP contribution < -0.4 is 5.32 Å². The second kappa shape index (κ2) is 6.78. The van der Waals surface area contributed by atoms with Crippen LogP contribution >= 0.6 is 0 Å². The average Bonchev–Trinajstić information content (AvgIpc) is 2.44. The van der Waals surface area contributed by atoms with Gasteiger partial charge in [-0.2, -0.15) is 0 Å². The summed E-state index contributed by atoms with van der Waals surface area (Å²) in [5.74, 6) is -0.0626. The molecule has 1 fully saturated rings. The summed E-state index contributed by atoms with van der Waals surface area (Å²) >= 11 is 0. The number of hydrogen-bond acceptors (Lipinski definition) is 4. The molecule has 106 valence electrons. The van der Waals surface area contributed by atoms with E-state index in [1.165, 1.54) is 12.8 Å². The van der Waals surface area contributed by atoms with Gasteiger partial charge >= 0.3 is 0 Å². The van der Waals surface area contributed by atoms with Gasteiger partial charge in [0.1, 0.15) is 0 Å². The minimum absolute atomic E-state index is 0.0193. The van der Waals surface area contributed by atoms with E-state index in [1.54, 1.807) is 12.1 Å². The number of unbranched alkanes of at least 4 members (excludes halogenated alkanes) is 1. The van der Waals surface area contributed by atoms with Crippen molar-refractivity contribution in [1.82, 2.24) is 10.2 Å². The van der Waals surface area contributed by atoms with E-state index < -0.39 is 0 Å². The predicted molar refractivity (Wildman–Crippen MR) is 76.5 cm³/mol. The van der Waals surface area contributed by atoms with Crippen LogP contribution in [0.3, 0.4) is 0 Å². The Morgan fingerprint density at radius 3 is 2.58 bits per heavy atom. The Morgan fingerprint density at radius 2 is 1.95 bits per heavy atom. The molecule has 1 heterocycles. The number of phenolic OH excluding ortho intramolecular Hbond substituents is 2. The zero-order valence-corrected chi connectivity index (χ0v) is 11.6. The molecule has 0 spiro atoms. The highest BCUT2D eigenvalue weighted by Crippen LogP contribution is 2.32. The fraction of sp³-hybridized carbons (Fsp3) is 0.600. The van der Waals surface area contributed by atoms with Crippen molar-refractivity contribution >= 4 is 0 Å². The number of hydrogen-bond donors (Lipinski definition) is 3. The van der Waals surface area contributed by atoms with E-state index in [9.17, 15) is 10.2 Å². The fourth-order valence-electron chi connectivity index (χ4n) is 2.70. The van der Waals surface area contributed by atoms with Crippen LogP contribution in [0.4, 0.5) is 0 Å². The van der Waals surface area contributed by atoms with Crippen molar-refractivity contribution in [1.29, 1.82) is 0 Å². The lowest BCUT2D eigenvalue weighted by molar-refractivity contribution is 0.163. The maximum absolute atomic E-state index is 9.69. The molecular formula is C15H24N2O2. The molecule has 2 rings (SSSR count). The Hall–Kier alpha value is -1.26. The molecule has 0 saturated carbocycles. The largest absolute Gasteiger partial charge is 0.504 e. The second-order valence-corrected chi connectivity index (χ2v) is 5.19. The molecule has 4 nitrogen and oxygen atoms in total. The van der Waals surface area contributed by atoms with Gasteiger partial charge in [-0.25, -0.2) is 0 Å². The number of rotatable bonds is 5. The van der Waals surface area contributed by atoms with Gasteiger partial charge in [-0.15, -0.1) is 0 Å². The van der Waals surface area contributed by atoms with Gasteiger partial charge in [-0.05, 0) is 24.1 Å². The number of nitrogens with one attached hydrogen (secondary N) is 1. The molecule has 0 radical (unpaired) electrons. The van der Waals surface area contributed by atoms with Gasteiger partial charge in [0.25, 0.3) is 0 Å². The number of nitrogens with zero attached hydrogens (tertiary/aromatic N) is 1. The summed E-state index contributed by atoms with van der Waals surface area (Å²) in [6.07, 6.45) is 3.45. The molecule has 1 atom stereocenters. The molecule has 0 unspecified atom stereocenters. The first-order valence-corrected chi connectivity index (χ1v) is 7.19. The van der Waals surface area contributed by atoms with Gasteiger partial charge in [0.2, 0.25) is 0 Å². The van der Waals surface area contributed by atoms with E-state index in [0.29, 0.717) is 6.04 Å². The van der Waals surface area contributed by atoms with Gasteiger partial charge in [0.05, 0.1) is 0 Å². The highest BCUT2D eigenvalue weighted by molar-refractivity contribution is 5.41. The lowest BCUT2D eigenvalue weighted by atomic mass is 9.98. The predicted octanol–water partition coefficient (Wildman–Crippen LogP) is 2.23. The fourth-order valence-corrected chi connectivity index (χ4v) is 2.70. The molecule has 1 saturated heterocycles. The van der Waals surface area contributed by atoms with Crippen LogP contribution in [-0.2, 0) is 0 Å². The molecule has 0 aromatic heterocycles. The van der Waals surface area contributed by atoms with Crippen LogP contribution in [0, 0.1) is 0 Å². The Balaban J connectivity index is 2.17. The van der Waals surface area contributed by atoms with Crippen LogP contribution in [0.25, 0.3) is 0 Å². The Morgan fingerprint density at radius 1 is 1.21 bits per heavy atom. The van der Waals surface area contributed by atoms with Gasteiger partial charge in [0.15, 0.2) is 11.5 Å². The number of aromatic hydroxyl groups is 2. The molecule has 19 heavy (non-hydrogen) atoms. The number of benzene rings is 1. The van der Waals surface area contributed by atoms with Crippen LogP contribution in [0.1, 0.15) is 37.8 Å². The van der Waals surface area contributed by atoms with Crippen LogP contribution in [0.5, 0.6) is 11.5 Å². The smallest absolute Gasteiger partial charge is 0.157 e. The lowest BCUT2D eigenvalue weighted by Gasteiger charge is -2.35. The van der Waals surface area contributed by atoms with E-state index in [-0.39, 0.29) is 11.5 Å². The average molecular weight is 264 g/mol. The first-order chi connectivity index (χ1) is 9.22. The third-order valence-corrected chi connectivity index (χ3v) is 3.81. The molecule has 1 aliphatic rings. The standard InChI is InChI=1S/C15H24N2O2/c1-2-3-4-13(17-9-7-16-8-10-17)12-5-6-14(18)15(19)11-12/h5-6,11,13,16,18-19H,2-4,7-10H2,1H3/t13-/m1/s1. The summed E-state index contributed by atoms with van der Waals surface area (Å²) in [5.41, 5.74) is 1.10. The maximum atomic E-state index is 9.69. The number of piperazine rings is 1. The van der Waals surface area contributed by atoms with Crippen molar-refractivity contribution in [2.75, 3.05) is 26.2 Å². The minimum atomic E-state index is -0.0432. The summed E-state index contributed by atoms with van der Waals surface area (Å²) < 4.78 is 0. The third kappa shape index (κ3) is 3.61. The van der Waals surface area contributed by atoms with Crippen molar-refractivity contribution in [3.05, 3.63) is 23.8 Å². The Labute approximate surface area is 115 Å². The first kappa shape index (κ1) is 14.2. The second-order valence-electron chi connectivity index (χ2n) is 5.19. The Bertz CT molecular complexity index is 403. The quantitative estimate of drug-likeness (QED) is 0.714. The molecule has 1 aliphatic heterocycles. The molecule has 4 heteroatoms. The molecular weight excluding hydrogens is 240 g/mol. The van der Waals surface area contributed by atoms with Gasteiger partial charge in [0, 0.05) is 32.2 Å². The topological polar surface area (TPSA) is 55.7 Å². The highest BCUT2D eigenvalue weighted by Gasteiger charge is 2.22. The van der Waals surface area contributed by atoms with E-state index in [1.807, 2.05) is 6.07 Å². The summed E-state index contributed by atoms with van der Waals surface area (Å²) in [6, 6.07) is 5.56.